The predicted octanol–water partition coefficient (Wildman–Crippen LogP) is 6.48. The number of hydrogen-bond acceptors (Lipinski definition) is 1. The predicted molar refractivity (Wildman–Crippen MR) is 97.9 cm³/mol. The molecule has 108 valence electrons. The topological polar surface area (TPSA) is 3.24 Å². The molecule has 2 aromatic carbocycles. The van der Waals surface area contributed by atoms with Crippen LogP contribution < -0.4 is 4.90 Å². The first-order valence-electron chi connectivity index (χ1n) is 6.65. The van der Waals surface area contributed by atoms with E-state index in [0.29, 0.717) is 0 Å². The van der Waals surface area contributed by atoms with Crippen LogP contribution in [-0.2, 0) is 0 Å². The fraction of sp³-hybridized carbons (Fsp3) is 0.0526. The number of halogens is 1. The molecule has 0 bridgehead atoms. The van der Waals surface area contributed by atoms with Crippen molar-refractivity contribution < 1.29 is 0 Å². The molecule has 2 aromatic rings. The van der Waals surface area contributed by atoms with Gasteiger partial charge in [-0.15, -0.1) is 13.2 Å². The smallest absolute Gasteiger partial charge is 0.0472 e. The van der Waals surface area contributed by atoms with Crippen molar-refractivity contribution in [1.82, 2.24) is 0 Å². The molecule has 0 saturated carbocycles. The molecule has 0 aliphatic rings. The third kappa shape index (κ3) is 4.47. The number of nitrogens with zero attached hydrogens (tertiary/aromatic N) is 1. The number of para-hydroxylation sites is 1. The van der Waals surface area contributed by atoms with Crippen LogP contribution in [0.3, 0.4) is 0 Å². The summed E-state index contributed by atoms with van der Waals surface area (Å²) in [5, 5.41) is 0. The summed E-state index contributed by atoms with van der Waals surface area (Å²) in [6, 6.07) is 18.5. The van der Waals surface area contributed by atoms with E-state index in [2.05, 4.69) is 70.9 Å². The van der Waals surface area contributed by atoms with Crippen LogP contribution in [0.15, 0.2) is 96.7 Å². The zero-order chi connectivity index (χ0) is 15.7. The molecule has 0 spiro atoms. The standard InChI is InChI=1S/C17H16BrN.C2H4/c1-3-15(4-2)19(16-10-6-5-7-11-16)17-12-8-9-14(18)13-17;1-2/h3-13H,1H2,2H3;1-2H2/b15-4+;. The zero-order valence-electron chi connectivity index (χ0n) is 12.3. The third-order valence-electron chi connectivity index (χ3n) is 2.84. The van der Waals surface area contributed by atoms with Crippen molar-refractivity contribution >= 4 is 27.3 Å². The molecule has 0 atom stereocenters. The minimum atomic E-state index is 1.06. The average molecular weight is 342 g/mol. The van der Waals surface area contributed by atoms with Gasteiger partial charge in [0.1, 0.15) is 0 Å². The van der Waals surface area contributed by atoms with E-state index in [0.717, 1.165) is 21.5 Å². The van der Waals surface area contributed by atoms with Gasteiger partial charge in [0.15, 0.2) is 0 Å². The van der Waals surface area contributed by atoms with E-state index in [4.69, 9.17) is 0 Å². The first-order valence-corrected chi connectivity index (χ1v) is 7.45. The Morgan fingerprint density at radius 1 is 1.00 bits per heavy atom. The van der Waals surface area contributed by atoms with Crippen molar-refractivity contribution in [3.8, 4) is 0 Å². The van der Waals surface area contributed by atoms with Crippen LogP contribution in [-0.4, -0.2) is 0 Å². The van der Waals surface area contributed by atoms with E-state index >= 15 is 0 Å². The fourth-order valence-electron chi connectivity index (χ4n) is 1.98. The van der Waals surface area contributed by atoms with Gasteiger partial charge in [-0.25, -0.2) is 0 Å². The number of anilines is 2. The van der Waals surface area contributed by atoms with Crippen LogP contribution in [0.2, 0.25) is 0 Å². The molecule has 0 unspecified atom stereocenters. The second-order valence-corrected chi connectivity index (χ2v) is 4.98. The normalized spacial score (nSPS) is 10.3. The Morgan fingerprint density at radius 2 is 1.62 bits per heavy atom. The highest BCUT2D eigenvalue weighted by molar-refractivity contribution is 9.10. The molecular weight excluding hydrogens is 322 g/mol. The van der Waals surface area contributed by atoms with Crippen molar-refractivity contribution in [1.29, 1.82) is 0 Å². The third-order valence-corrected chi connectivity index (χ3v) is 3.34. The molecule has 0 aromatic heterocycles. The minimum absolute atomic E-state index is 1.06. The van der Waals surface area contributed by atoms with Crippen LogP contribution in [0.4, 0.5) is 11.4 Å². The Bertz CT molecular complexity index is 602. The molecule has 2 rings (SSSR count). The largest absolute Gasteiger partial charge is 0.311 e. The van der Waals surface area contributed by atoms with Gasteiger partial charge in [0.25, 0.3) is 0 Å². The Labute approximate surface area is 136 Å². The van der Waals surface area contributed by atoms with Gasteiger partial charge in [0.2, 0.25) is 0 Å². The van der Waals surface area contributed by atoms with E-state index in [-0.39, 0.29) is 0 Å². The highest BCUT2D eigenvalue weighted by Crippen LogP contribution is 2.31. The summed E-state index contributed by atoms with van der Waals surface area (Å²) in [6.07, 6.45) is 3.93. The van der Waals surface area contributed by atoms with Gasteiger partial charge in [0.05, 0.1) is 0 Å². The van der Waals surface area contributed by atoms with E-state index in [1.54, 1.807) is 0 Å². The number of hydrogen-bond donors (Lipinski definition) is 0. The quantitative estimate of drug-likeness (QED) is 0.454. The van der Waals surface area contributed by atoms with Gasteiger partial charge in [0, 0.05) is 21.5 Å². The second kappa shape index (κ2) is 8.98. The van der Waals surface area contributed by atoms with Gasteiger partial charge in [-0.05, 0) is 43.3 Å². The van der Waals surface area contributed by atoms with Crippen molar-refractivity contribution in [2.75, 3.05) is 4.90 Å². The monoisotopic (exact) mass is 341 g/mol. The highest BCUT2D eigenvalue weighted by atomic mass is 79.9. The number of rotatable bonds is 4. The lowest BCUT2D eigenvalue weighted by Crippen LogP contribution is -2.14. The highest BCUT2D eigenvalue weighted by Gasteiger charge is 2.11. The molecule has 0 amide bonds. The molecule has 0 aliphatic heterocycles. The summed E-state index contributed by atoms with van der Waals surface area (Å²) >= 11 is 3.52. The zero-order valence-corrected chi connectivity index (χ0v) is 13.9. The summed E-state index contributed by atoms with van der Waals surface area (Å²) in [5.74, 6) is 0. The molecule has 2 heteroatoms. The lowest BCUT2D eigenvalue weighted by Gasteiger charge is -2.26. The summed E-state index contributed by atoms with van der Waals surface area (Å²) in [6.45, 7) is 11.9. The van der Waals surface area contributed by atoms with Crippen LogP contribution >= 0.6 is 15.9 Å². The molecule has 0 aliphatic carbocycles. The maximum atomic E-state index is 3.90. The molecule has 0 heterocycles. The van der Waals surface area contributed by atoms with E-state index in [9.17, 15) is 0 Å². The molecule has 0 radical (unpaired) electrons. The van der Waals surface area contributed by atoms with E-state index in [1.807, 2.05) is 43.3 Å². The minimum Gasteiger partial charge on any atom is -0.311 e. The van der Waals surface area contributed by atoms with Crippen molar-refractivity contribution in [2.24, 2.45) is 0 Å². The van der Waals surface area contributed by atoms with Gasteiger partial charge >= 0.3 is 0 Å². The molecular formula is C19H20BrN. The number of allylic oxidation sites excluding steroid dienone is 2. The molecule has 1 nitrogen and oxygen atoms in total. The van der Waals surface area contributed by atoms with Gasteiger partial charge < -0.3 is 4.90 Å². The molecule has 0 N–H and O–H groups in total. The Morgan fingerprint density at radius 3 is 2.14 bits per heavy atom. The lowest BCUT2D eigenvalue weighted by molar-refractivity contribution is 1.20. The van der Waals surface area contributed by atoms with Crippen molar-refractivity contribution in [3.05, 3.63) is 96.7 Å². The maximum Gasteiger partial charge on any atom is 0.0472 e. The Balaban J connectivity index is 0.00000106. The van der Waals surface area contributed by atoms with Crippen LogP contribution in [0.5, 0.6) is 0 Å². The SMILES string of the molecule is C=C.C=C/C(=C\C)N(c1ccccc1)c1cccc(Br)c1. The summed E-state index contributed by atoms with van der Waals surface area (Å²) in [7, 11) is 0. The first kappa shape index (κ1) is 17.0. The fourth-order valence-corrected chi connectivity index (χ4v) is 2.36. The van der Waals surface area contributed by atoms with Crippen LogP contribution in [0.1, 0.15) is 6.92 Å². The Kier molecular flexibility index (Phi) is 7.27. The first-order chi connectivity index (χ1) is 10.3. The van der Waals surface area contributed by atoms with E-state index < -0.39 is 0 Å². The molecule has 0 fully saturated rings. The van der Waals surface area contributed by atoms with Crippen molar-refractivity contribution in [3.63, 3.8) is 0 Å². The average Bonchev–Trinajstić information content (AvgIpc) is 2.55. The maximum absolute atomic E-state index is 3.90. The van der Waals surface area contributed by atoms with Crippen molar-refractivity contribution in [2.45, 2.75) is 6.92 Å². The summed E-state index contributed by atoms with van der Waals surface area (Å²) < 4.78 is 1.06. The van der Waals surface area contributed by atoms with Gasteiger partial charge in [-0.3, -0.25) is 0 Å². The van der Waals surface area contributed by atoms with Gasteiger partial charge in [-0.1, -0.05) is 52.9 Å². The Hall–Kier alpha value is -2.06. The second-order valence-electron chi connectivity index (χ2n) is 4.07. The molecule has 21 heavy (non-hydrogen) atoms. The van der Waals surface area contributed by atoms with Crippen LogP contribution in [0.25, 0.3) is 0 Å². The lowest BCUT2D eigenvalue weighted by atomic mass is 10.2. The summed E-state index contributed by atoms with van der Waals surface area (Å²) in [4.78, 5) is 2.18. The van der Waals surface area contributed by atoms with Crippen LogP contribution in [0, 0.1) is 0 Å². The molecule has 0 saturated heterocycles. The number of benzene rings is 2. The van der Waals surface area contributed by atoms with Gasteiger partial charge in [-0.2, -0.15) is 0 Å². The summed E-state index contributed by atoms with van der Waals surface area (Å²) in [5.41, 5.74) is 3.28. The van der Waals surface area contributed by atoms with E-state index in [1.165, 1.54) is 0 Å².